The van der Waals surface area contributed by atoms with Crippen LogP contribution in [0.4, 0.5) is 5.69 Å². The van der Waals surface area contributed by atoms with Crippen LogP contribution < -0.4 is 5.32 Å². The number of nitrogens with zero attached hydrogens (tertiary/aromatic N) is 2. The Balaban J connectivity index is 2.05. The third-order valence-electron chi connectivity index (χ3n) is 4.10. The van der Waals surface area contributed by atoms with Gasteiger partial charge in [-0.15, -0.1) is 0 Å². The minimum absolute atomic E-state index is 0.0122. The maximum atomic E-state index is 12.8. The van der Waals surface area contributed by atoms with Crippen LogP contribution in [0.25, 0.3) is 0 Å². The Kier molecular flexibility index (Phi) is 5.23. The highest BCUT2D eigenvalue weighted by Crippen LogP contribution is 2.35. The second-order valence-corrected chi connectivity index (χ2v) is 6.34. The molecular formula is C17H27N3O. The van der Waals surface area contributed by atoms with Gasteiger partial charge in [-0.2, -0.15) is 0 Å². The average Bonchev–Trinajstić information content (AvgIpc) is 2.45. The van der Waals surface area contributed by atoms with Gasteiger partial charge in [0.25, 0.3) is 0 Å². The molecule has 1 amide bonds. The largest absolute Gasteiger partial charge is 0.382 e. The van der Waals surface area contributed by atoms with Crippen LogP contribution in [0.3, 0.4) is 0 Å². The zero-order valence-electron chi connectivity index (χ0n) is 13.6. The predicted octanol–water partition coefficient (Wildman–Crippen LogP) is 2.38. The number of fused-ring (bicyclic) bond motifs is 1. The van der Waals surface area contributed by atoms with E-state index in [4.69, 9.17) is 0 Å². The highest BCUT2D eigenvalue weighted by molar-refractivity contribution is 5.86. The number of hydrogen-bond acceptors (Lipinski definition) is 3. The monoisotopic (exact) mass is 289 g/mol. The number of carbonyl (C=O) groups is 1. The van der Waals surface area contributed by atoms with Crippen molar-refractivity contribution < 1.29 is 4.79 Å². The summed E-state index contributed by atoms with van der Waals surface area (Å²) in [7, 11) is 6.05. The molecule has 4 nitrogen and oxygen atoms in total. The molecule has 2 rings (SSSR count). The van der Waals surface area contributed by atoms with Gasteiger partial charge in [0.05, 0.1) is 5.92 Å². The van der Waals surface area contributed by atoms with Gasteiger partial charge in [-0.1, -0.05) is 18.2 Å². The minimum atomic E-state index is -0.0122. The third-order valence-corrected chi connectivity index (χ3v) is 4.10. The van der Waals surface area contributed by atoms with Gasteiger partial charge in [-0.3, -0.25) is 4.79 Å². The number of amides is 1. The van der Waals surface area contributed by atoms with E-state index in [1.807, 2.05) is 24.1 Å². The summed E-state index contributed by atoms with van der Waals surface area (Å²) in [6.45, 7) is 3.97. The van der Waals surface area contributed by atoms with Gasteiger partial charge >= 0.3 is 0 Å². The first-order valence-corrected chi connectivity index (χ1v) is 7.74. The summed E-state index contributed by atoms with van der Waals surface area (Å²) in [5.74, 6) is 0.233. The van der Waals surface area contributed by atoms with Crippen LogP contribution in [0.5, 0.6) is 0 Å². The minimum Gasteiger partial charge on any atom is -0.382 e. The molecule has 4 heteroatoms. The van der Waals surface area contributed by atoms with Crippen LogP contribution in [-0.2, 0) is 4.79 Å². The van der Waals surface area contributed by atoms with Gasteiger partial charge in [0.15, 0.2) is 0 Å². The van der Waals surface area contributed by atoms with E-state index in [9.17, 15) is 4.79 Å². The van der Waals surface area contributed by atoms with E-state index in [1.165, 1.54) is 0 Å². The number of benzene rings is 1. The van der Waals surface area contributed by atoms with E-state index >= 15 is 0 Å². The molecule has 1 heterocycles. The average molecular weight is 289 g/mol. The van der Waals surface area contributed by atoms with Crippen molar-refractivity contribution in [2.75, 3.05) is 39.5 Å². The van der Waals surface area contributed by atoms with Crippen molar-refractivity contribution in [3.63, 3.8) is 0 Å². The number of hydrogen-bond donors (Lipinski definition) is 1. The van der Waals surface area contributed by atoms with Gasteiger partial charge in [-0.25, -0.2) is 0 Å². The van der Waals surface area contributed by atoms with Crippen molar-refractivity contribution >= 4 is 11.6 Å². The van der Waals surface area contributed by atoms with Gasteiger partial charge in [0.2, 0.25) is 5.91 Å². The zero-order chi connectivity index (χ0) is 15.4. The van der Waals surface area contributed by atoms with Gasteiger partial charge < -0.3 is 15.1 Å². The molecule has 0 fully saturated rings. The quantitative estimate of drug-likeness (QED) is 0.904. The fourth-order valence-electron chi connectivity index (χ4n) is 2.97. The van der Waals surface area contributed by atoms with Crippen LogP contribution in [0.1, 0.15) is 31.2 Å². The summed E-state index contributed by atoms with van der Waals surface area (Å²) < 4.78 is 0. The molecule has 21 heavy (non-hydrogen) atoms. The van der Waals surface area contributed by atoms with E-state index in [2.05, 4.69) is 43.4 Å². The van der Waals surface area contributed by atoms with Crippen molar-refractivity contribution in [2.24, 2.45) is 0 Å². The Morgan fingerprint density at radius 1 is 1.24 bits per heavy atom. The van der Waals surface area contributed by atoms with Crippen molar-refractivity contribution in [3.05, 3.63) is 29.8 Å². The molecule has 1 aliphatic rings. The van der Waals surface area contributed by atoms with E-state index in [-0.39, 0.29) is 11.8 Å². The number of para-hydroxylation sites is 1. The summed E-state index contributed by atoms with van der Waals surface area (Å²) in [4.78, 5) is 16.8. The molecule has 1 N–H and O–H groups in total. The standard InChI is InChI=1S/C17H27N3O/c1-13-12-15(14-8-5-6-9-16(14)18-13)17(21)20(4)11-7-10-19(2)3/h5-6,8-9,13,15,18H,7,10-12H2,1-4H3. The fraction of sp³-hybridized carbons (Fsp3) is 0.588. The van der Waals surface area contributed by atoms with E-state index in [0.717, 1.165) is 37.2 Å². The summed E-state index contributed by atoms with van der Waals surface area (Å²) in [5, 5.41) is 3.46. The number of likely N-dealkylation sites (N-methyl/N-ethyl adjacent to an activating group) is 1. The predicted molar refractivity (Wildman–Crippen MR) is 87.7 cm³/mol. The fourth-order valence-corrected chi connectivity index (χ4v) is 2.97. The first-order chi connectivity index (χ1) is 9.99. The summed E-state index contributed by atoms with van der Waals surface area (Å²) in [6.07, 6.45) is 1.88. The number of anilines is 1. The summed E-state index contributed by atoms with van der Waals surface area (Å²) in [5.41, 5.74) is 2.25. The Bertz CT molecular complexity index is 487. The van der Waals surface area contributed by atoms with Crippen LogP contribution in [0.2, 0.25) is 0 Å². The van der Waals surface area contributed by atoms with Gasteiger partial charge in [0, 0.05) is 25.3 Å². The maximum absolute atomic E-state index is 12.8. The Morgan fingerprint density at radius 3 is 2.67 bits per heavy atom. The van der Waals surface area contributed by atoms with Crippen LogP contribution in [-0.4, -0.2) is 56.0 Å². The number of nitrogens with one attached hydrogen (secondary N) is 1. The molecule has 0 bridgehead atoms. The Morgan fingerprint density at radius 2 is 1.95 bits per heavy atom. The molecule has 0 aliphatic carbocycles. The van der Waals surface area contributed by atoms with Gasteiger partial charge in [-0.05, 0) is 52.0 Å². The molecule has 1 aromatic rings. The van der Waals surface area contributed by atoms with Crippen LogP contribution in [0.15, 0.2) is 24.3 Å². The molecule has 1 aliphatic heterocycles. The number of rotatable bonds is 5. The molecule has 116 valence electrons. The second kappa shape index (κ2) is 6.94. The Labute approximate surface area is 128 Å². The molecule has 1 aromatic carbocycles. The molecule has 0 aromatic heterocycles. The summed E-state index contributed by atoms with van der Waals surface area (Å²) >= 11 is 0. The van der Waals surface area contributed by atoms with Crippen molar-refractivity contribution in [1.29, 1.82) is 0 Å². The number of carbonyl (C=O) groups excluding carboxylic acids is 1. The molecule has 2 atom stereocenters. The lowest BCUT2D eigenvalue weighted by Gasteiger charge is -2.33. The highest BCUT2D eigenvalue weighted by Gasteiger charge is 2.31. The van der Waals surface area contributed by atoms with Crippen molar-refractivity contribution in [3.8, 4) is 0 Å². The van der Waals surface area contributed by atoms with Crippen molar-refractivity contribution in [1.82, 2.24) is 9.80 Å². The maximum Gasteiger partial charge on any atom is 0.230 e. The van der Waals surface area contributed by atoms with Crippen molar-refractivity contribution in [2.45, 2.75) is 31.7 Å². The lowest BCUT2D eigenvalue weighted by atomic mass is 9.86. The molecule has 0 saturated heterocycles. The SMILES string of the molecule is CC1CC(C(=O)N(C)CCCN(C)C)c2ccccc2N1. The third kappa shape index (κ3) is 3.97. The lowest BCUT2D eigenvalue weighted by Crippen LogP contribution is -2.38. The zero-order valence-corrected chi connectivity index (χ0v) is 13.6. The highest BCUT2D eigenvalue weighted by atomic mass is 16.2. The molecular weight excluding hydrogens is 262 g/mol. The first-order valence-electron chi connectivity index (χ1n) is 7.74. The Hall–Kier alpha value is -1.55. The first kappa shape index (κ1) is 15.8. The van der Waals surface area contributed by atoms with Crippen LogP contribution in [0, 0.1) is 0 Å². The topological polar surface area (TPSA) is 35.6 Å². The molecule has 2 unspecified atom stereocenters. The smallest absolute Gasteiger partial charge is 0.230 e. The van der Waals surface area contributed by atoms with E-state index in [0.29, 0.717) is 6.04 Å². The normalized spacial score (nSPS) is 20.8. The molecule has 0 radical (unpaired) electrons. The molecule has 0 spiro atoms. The second-order valence-electron chi connectivity index (χ2n) is 6.34. The summed E-state index contributed by atoms with van der Waals surface area (Å²) in [6, 6.07) is 8.51. The van der Waals surface area contributed by atoms with E-state index in [1.54, 1.807) is 0 Å². The van der Waals surface area contributed by atoms with E-state index < -0.39 is 0 Å². The molecule has 0 saturated carbocycles. The lowest BCUT2D eigenvalue weighted by molar-refractivity contribution is -0.131. The van der Waals surface area contributed by atoms with Gasteiger partial charge in [0.1, 0.15) is 0 Å². The van der Waals surface area contributed by atoms with Crippen LogP contribution >= 0.6 is 0 Å².